The molecular weight excluding hydrogens is 358 g/mol. The SMILES string of the molecule is Cc1coc(Nc2cc(N[C@@H]3[C@@H]4CC5C[C@H]3C[C@@](O)(C5)C4)c(C(N)=O)cn2)n1. The third-order valence-electron chi connectivity index (χ3n) is 6.59. The Kier molecular flexibility index (Phi) is 3.87. The van der Waals surface area contributed by atoms with Gasteiger partial charge in [0.15, 0.2) is 0 Å². The van der Waals surface area contributed by atoms with Gasteiger partial charge in [-0.2, -0.15) is 4.98 Å². The van der Waals surface area contributed by atoms with E-state index < -0.39 is 11.5 Å². The fraction of sp³-hybridized carbons (Fsp3) is 0.550. The highest BCUT2D eigenvalue weighted by molar-refractivity contribution is 5.98. The fourth-order valence-electron chi connectivity index (χ4n) is 5.76. The monoisotopic (exact) mass is 383 g/mol. The van der Waals surface area contributed by atoms with E-state index in [1.807, 2.05) is 6.92 Å². The lowest BCUT2D eigenvalue weighted by atomic mass is 9.52. The second-order valence-electron chi connectivity index (χ2n) is 8.76. The van der Waals surface area contributed by atoms with Crippen molar-refractivity contribution in [1.29, 1.82) is 0 Å². The van der Waals surface area contributed by atoms with Crippen LogP contribution in [0.5, 0.6) is 0 Å². The van der Waals surface area contributed by atoms with E-state index in [1.165, 1.54) is 6.20 Å². The third-order valence-corrected chi connectivity index (χ3v) is 6.59. The van der Waals surface area contributed by atoms with Crippen molar-refractivity contribution in [2.75, 3.05) is 10.6 Å². The standard InChI is InChI=1S/C20H25N5O3/c1-10-9-28-19(23-10)25-16-4-15(14(8-22-16)18(21)26)24-17-12-2-11-3-13(17)7-20(27,5-11)6-12/h4,8-9,11-13,17,27H,2-3,5-7H2,1H3,(H2,21,26)(H2,22,23,24,25)/t11?,12-,13+,17-,20-. The van der Waals surface area contributed by atoms with Crippen LogP contribution in [0, 0.1) is 24.7 Å². The molecule has 5 atom stereocenters. The minimum absolute atomic E-state index is 0.231. The molecule has 4 aliphatic rings. The predicted molar refractivity (Wildman–Crippen MR) is 103 cm³/mol. The highest BCUT2D eigenvalue weighted by Gasteiger charge is 2.54. The number of carbonyl (C=O) groups excluding carboxylic acids is 1. The van der Waals surface area contributed by atoms with Gasteiger partial charge in [-0.3, -0.25) is 10.1 Å². The molecule has 1 unspecified atom stereocenters. The molecule has 5 N–H and O–H groups in total. The lowest BCUT2D eigenvalue weighted by Gasteiger charge is -2.58. The molecule has 0 radical (unpaired) electrons. The average Bonchev–Trinajstić information content (AvgIpc) is 3.01. The van der Waals surface area contributed by atoms with E-state index in [4.69, 9.17) is 10.2 Å². The minimum Gasteiger partial charge on any atom is -0.432 e. The number of aromatic nitrogens is 2. The molecule has 4 aliphatic carbocycles. The average molecular weight is 383 g/mol. The van der Waals surface area contributed by atoms with E-state index in [0.717, 1.165) is 37.8 Å². The van der Waals surface area contributed by atoms with E-state index in [-0.39, 0.29) is 6.04 Å². The first-order chi connectivity index (χ1) is 13.4. The number of pyridine rings is 1. The molecule has 0 aromatic carbocycles. The molecule has 148 valence electrons. The van der Waals surface area contributed by atoms with Gasteiger partial charge in [0.05, 0.1) is 22.5 Å². The number of rotatable bonds is 5. The number of oxazole rings is 1. The Hall–Kier alpha value is -2.61. The van der Waals surface area contributed by atoms with Crippen LogP contribution in [0.1, 0.15) is 48.2 Å². The molecule has 0 aliphatic heterocycles. The first kappa shape index (κ1) is 17.5. The van der Waals surface area contributed by atoms with Crippen molar-refractivity contribution in [1.82, 2.24) is 9.97 Å². The first-order valence-corrected chi connectivity index (χ1v) is 9.86. The maximum absolute atomic E-state index is 11.9. The summed E-state index contributed by atoms with van der Waals surface area (Å²) in [6.45, 7) is 1.84. The molecule has 1 amide bonds. The van der Waals surface area contributed by atoms with E-state index in [0.29, 0.717) is 40.8 Å². The van der Waals surface area contributed by atoms with Crippen molar-refractivity contribution in [3.8, 4) is 0 Å². The second-order valence-corrected chi connectivity index (χ2v) is 8.76. The number of amides is 1. The van der Waals surface area contributed by atoms with Crippen LogP contribution in [-0.4, -0.2) is 32.6 Å². The molecule has 8 nitrogen and oxygen atoms in total. The van der Waals surface area contributed by atoms with Crippen molar-refractivity contribution in [2.24, 2.45) is 23.5 Å². The third kappa shape index (κ3) is 3.01. The number of hydrogen-bond donors (Lipinski definition) is 4. The second kappa shape index (κ2) is 6.20. The summed E-state index contributed by atoms with van der Waals surface area (Å²) in [6.07, 6.45) is 7.90. The highest BCUT2D eigenvalue weighted by atomic mass is 16.4. The number of nitrogens with one attached hydrogen (secondary N) is 2. The van der Waals surface area contributed by atoms with Crippen LogP contribution in [-0.2, 0) is 0 Å². The number of aliphatic hydroxyl groups is 1. The van der Waals surface area contributed by atoms with Gasteiger partial charge in [-0.05, 0) is 56.8 Å². The van der Waals surface area contributed by atoms with Crippen LogP contribution < -0.4 is 16.4 Å². The van der Waals surface area contributed by atoms with E-state index in [1.54, 1.807) is 12.3 Å². The zero-order chi connectivity index (χ0) is 19.5. The zero-order valence-corrected chi connectivity index (χ0v) is 15.8. The van der Waals surface area contributed by atoms with Crippen LogP contribution in [0.15, 0.2) is 22.9 Å². The zero-order valence-electron chi connectivity index (χ0n) is 15.8. The van der Waals surface area contributed by atoms with E-state index >= 15 is 0 Å². The molecule has 0 spiro atoms. The molecule has 2 aromatic heterocycles. The predicted octanol–water partition coefficient (Wildman–Crippen LogP) is 2.57. The van der Waals surface area contributed by atoms with Gasteiger partial charge in [0.25, 0.3) is 11.9 Å². The van der Waals surface area contributed by atoms with Gasteiger partial charge >= 0.3 is 0 Å². The lowest BCUT2D eigenvalue weighted by Crippen LogP contribution is -2.59. The Balaban J connectivity index is 1.42. The summed E-state index contributed by atoms with van der Waals surface area (Å²) in [4.78, 5) is 20.4. The van der Waals surface area contributed by atoms with Crippen molar-refractivity contribution >= 4 is 23.4 Å². The largest absolute Gasteiger partial charge is 0.432 e. The summed E-state index contributed by atoms with van der Waals surface area (Å²) in [7, 11) is 0. The fourth-order valence-corrected chi connectivity index (χ4v) is 5.76. The molecule has 8 heteroatoms. The first-order valence-electron chi connectivity index (χ1n) is 9.86. The number of nitrogens with zero attached hydrogens (tertiary/aromatic N) is 2. The molecule has 4 saturated carbocycles. The molecule has 6 rings (SSSR count). The van der Waals surface area contributed by atoms with Crippen LogP contribution in [0.4, 0.5) is 17.5 Å². The lowest BCUT2D eigenvalue weighted by molar-refractivity contribution is -0.129. The Morgan fingerprint density at radius 3 is 2.68 bits per heavy atom. The number of aryl methyl sites for hydroxylation is 1. The summed E-state index contributed by atoms with van der Waals surface area (Å²) in [5, 5.41) is 17.4. The maximum atomic E-state index is 11.9. The topological polar surface area (TPSA) is 126 Å². The Morgan fingerprint density at radius 2 is 2.07 bits per heavy atom. The van der Waals surface area contributed by atoms with Crippen molar-refractivity contribution in [2.45, 2.75) is 50.7 Å². The van der Waals surface area contributed by atoms with Crippen LogP contribution in [0.2, 0.25) is 0 Å². The minimum atomic E-state index is -0.518. The van der Waals surface area contributed by atoms with Crippen molar-refractivity contribution < 1.29 is 14.3 Å². The molecule has 28 heavy (non-hydrogen) atoms. The van der Waals surface area contributed by atoms with Gasteiger partial charge in [0, 0.05) is 18.3 Å². The van der Waals surface area contributed by atoms with Crippen molar-refractivity contribution in [3.63, 3.8) is 0 Å². The summed E-state index contributed by atoms with van der Waals surface area (Å²) < 4.78 is 5.32. The van der Waals surface area contributed by atoms with Crippen LogP contribution in [0.3, 0.4) is 0 Å². The van der Waals surface area contributed by atoms with Crippen molar-refractivity contribution in [3.05, 3.63) is 29.8 Å². The molecule has 4 bridgehead atoms. The summed E-state index contributed by atoms with van der Waals surface area (Å²) in [5.74, 6) is 1.46. The Bertz CT molecular complexity index is 910. The van der Waals surface area contributed by atoms with Gasteiger partial charge in [0.2, 0.25) is 0 Å². The molecule has 2 aromatic rings. The quantitative estimate of drug-likeness (QED) is 0.625. The van der Waals surface area contributed by atoms with E-state index in [2.05, 4.69) is 20.6 Å². The highest BCUT2D eigenvalue weighted by Crippen LogP contribution is 2.56. The smallest absolute Gasteiger partial charge is 0.300 e. The van der Waals surface area contributed by atoms with Gasteiger partial charge in [-0.1, -0.05) is 0 Å². The summed E-state index contributed by atoms with van der Waals surface area (Å²) >= 11 is 0. The van der Waals surface area contributed by atoms with Gasteiger partial charge in [-0.15, -0.1) is 0 Å². The molecule has 2 heterocycles. The van der Waals surface area contributed by atoms with E-state index in [9.17, 15) is 9.90 Å². The molecular formula is C20H25N5O3. The normalized spacial score (nSPS) is 33.1. The summed E-state index contributed by atoms with van der Waals surface area (Å²) in [5.41, 5.74) is 6.88. The van der Waals surface area contributed by atoms with Gasteiger partial charge in [0.1, 0.15) is 12.1 Å². The summed E-state index contributed by atoms with van der Waals surface area (Å²) in [6, 6.07) is 2.35. The van der Waals surface area contributed by atoms with Crippen LogP contribution >= 0.6 is 0 Å². The van der Waals surface area contributed by atoms with Crippen LogP contribution in [0.25, 0.3) is 0 Å². The van der Waals surface area contributed by atoms with Gasteiger partial charge in [-0.25, -0.2) is 4.98 Å². The molecule has 4 fully saturated rings. The number of hydrogen-bond acceptors (Lipinski definition) is 7. The number of carbonyl (C=O) groups is 1. The molecule has 0 saturated heterocycles. The number of nitrogens with two attached hydrogens (primary N) is 1. The van der Waals surface area contributed by atoms with Gasteiger partial charge < -0.3 is 20.6 Å². The Labute approximate surface area is 162 Å². The number of primary amides is 1. The maximum Gasteiger partial charge on any atom is 0.300 e. The number of anilines is 3. The Morgan fingerprint density at radius 1 is 1.32 bits per heavy atom.